The molecular formula is C17H18ClNO3S. The van der Waals surface area contributed by atoms with Gasteiger partial charge in [0.1, 0.15) is 11.5 Å². The number of hydrogen-bond donors (Lipinski definition) is 1. The summed E-state index contributed by atoms with van der Waals surface area (Å²) in [5.74, 6) is 1.24. The molecule has 0 aromatic heterocycles. The monoisotopic (exact) mass is 351 g/mol. The summed E-state index contributed by atoms with van der Waals surface area (Å²) >= 11 is 7.44. The van der Waals surface area contributed by atoms with Crippen molar-refractivity contribution in [2.45, 2.75) is 17.1 Å². The van der Waals surface area contributed by atoms with E-state index in [1.807, 2.05) is 31.2 Å². The van der Waals surface area contributed by atoms with Crippen LogP contribution in [0.2, 0.25) is 5.02 Å². The maximum Gasteiger partial charge on any atom is 0.237 e. The van der Waals surface area contributed by atoms with E-state index >= 15 is 0 Å². The molecule has 0 aliphatic carbocycles. The van der Waals surface area contributed by atoms with Crippen LogP contribution in [0.1, 0.15) is 6.92 Å². The SMILES string of the molecule is COc1ccc(S[C@@H](C)C(=O)Nc2cc(Cl)ccc2OC)cc1. The van der Waals surface area contributed by atoms with Crippen LogP contribution in [0.3, 0.4) is 0 Å². The number of anilines is 1. The van der Waals surface area contributed by atoms with Crippen LogP contribution in [0, 0.1) is 0 Å². The van der Waals surface area contributed by atoms with E-state index in [0.29, 0.717) is 16.5 Å². The fraction of sp³-hybridized carbons (Fsp3) is 0.235. The number of thioether (sulfide) groups is 1. The maximum absolute atomic E-state index is 12.4. The third-order valence-corrected chi connectivity index (χ3v) is 4.51. The zero-order valence-electron chi connectivity index (χ0n) is 13.1. The van der Waals surface area contributed by atoms with Crippen LogP contribution < -0.4 is 14.8 Å². The molecular weight excluding hydrogens is 334 g/mol. The van der Waals surface area contributed by atoms with Crippen molar-refractivity contribution in [3.8, 4) is 11.5 Å². The van der Waals surface area contributed by atoms with Gasteiger partial charge in [0.25, 0.3) is 0 Å². The minimum Gasteiger partial charge on any atom is -0.497 e. The Morgan fingerprint density at radius 3 is 2.43 bits per heavy atom. The van der Waals surface area contributed by atoms with Crippen LogP contribution in [0.5, 0.6) is 11.5 Å². The molecule has 2 rings (SSSR count). The zero-order valence-corrected chi connectivity index (χ0v) is 14.7. The summed E-state index contributed by atoms with van der Waals surface area (Å²) in [5.41, 5.74) is 0.562. The summed E-state index contributed by atoms with van der Waals surface area (Å²) in [6.07, 6.45) is 0. The molecule has 0 fully saturated rings. The first-order valence-electron chi connectivity index (χ1n) is 6.98. The average molecular weight is 352 g/mol. The molecule has 0 bridgehead atoms. The molecule has 4 nitrogen and oxygen atoms in total. The molecule has 0 unspecified atom stereocenters. The van der Waals surface area contributed by atoms with Crippen LogP contribution in [0.25, 0.3) is 0 Å². The minimum atomic E-state index is -0.271. The highest BCUT2D eigenvalue weighted by Gasteiger charge is 2.16. The van der Waals surface area contributed by atoms with Gasteiger partial charge in [0.15, 0.2) is 0 Å². The molecule has 1 N–H and O–H groups in total. The van der Waals surface area contributed by atoms with Crippen molar-refractivity contribution in [3.05, 3.63) is 47.5 Å². The van der Waals surface area contributed by atoms with E-state index < -0.39 is 0 Å². The van der Waals surface area contributed by atoms with Crippen LogP contribution >= 0.6 is 23.4 Å². The summed E-state index contributed by atoms with van der Waals surface area (Å²) in [6, 6.07) is 12.7. The third-order valence-electron chi connectivity index (χ3n) is 3.16. The lowest BCUT2D eigenvalue weighted by atomic mass is 10.3. The lowest BCUT2D eigenvalue weighted by molar-refractivity contribution is -0.115. The average Bonchev–Trinajstić information content (AvgIpc) is 2.55. The predicted octanol–water partition coefficient (Wildman–Crippen LogP) is 4.48. The molecule has 0 spiro atoms. The van der Waals surface area contributed by atoms with Crippen molar-refractivity contribution in [3.63, 3.8) is 0 Å². The Morgan fingerprint density at radius 2 is 1.83 bits per heavy atom. The van der Waals surface area contributed by atoms with Gasteiger partial charge in [0.05, 0.1) is 25.2 Å². The predicted molar refractivity (Wildman–Crippen MR) is 94.9 cm³/mol. The Morgan fingerprint density at radius 1 is 1.13 bits per heavy atom. The van der Waals surface area contributed by atoms with E-state index in [9.17, 15) is 4.79 Å². The Labute approximate surface area is 145 Å². The van der Waals surface area contributed by atoms with Gasteiger partial charge in [-0.3, -0.25) is 4.79 Å². The van der Waals surface area contributed by atoms with E-state index in [2.05, 4.69) is 5.32 Å². The number of carbonyl (C=O) groups is 1. The van der Waals surface area contributed by atoms with Crippen molar-refractivity contribution < 1.29 is 14.3 Å². The normalized spacial score (nSPS) is 11.7. The van der Waals surface area contributed by atoms with Gasteiger partial charge in [-0.15, -0.1) is 11.8 Å². The number of halogens is 1. The largest absolute Gasteiger partial charge is 0.497 e. The maximum atomic E-state index is 12.4. The summed E-state index contributed by atoms with van der Waals surface area (Å²) in [5, 5.41) is 3.12. The van der Waals surface area contributed by atoms with Crippen LogP contribution in [0.15, 0.2) is 47.4 Å². The fourth-order valence-corrected chi connectivity index (χ4v) is 2.96. The third kappa shape index (κ3) is 4.81. The first kappa shape index (κ1) is 17.5. The molecule has 23 heavy (non-hydrogen) atoms. The van der Waals surface area contributed by atoms with Gasteiger partial charge in [-0.2, -0.15) is 0 Å². The molecule has 1 atom stereocenters. The highest BCUT2D eigenvalue weighted by molar-refractivity contribution is 8.00. The van der Waals surface area contributed by atoms with Gasteiger partial charge in [0, 0.05) is 9.92 Å². The second-order valence-corrected chi connectivity index (χ2v) is 6.62. The molecule has 6 heteroatoms. The summed E-state index contributed by atoms with van der Waals surface area (Å²) in [7, 11) is 3.17. The Kier molecular flexibility index (Phi) is 6.19. The molecule has 0 heterocycles. The van der Waals surface area contributed by atoms with E-state index in [1.54, 1.807) is 32.4 Å². The van der Waals surface area contributed by atoms with Crippen LogP contribution in [0.4, 0.5) is 5.69 Å². The second kappa shape index (κ2) is 8.13. The lowest BCUT2D eigenvalue weighted by Gasteiger charge is -2.14. The van der Waals surface area contributed by atoms with E-state index in [0.717, 1.165) is 10.6 Å². The van der Waals surface area contributed by atoms with E-state index in [-0.39, 0.29) is 11.2 Å². The molecule has 2 aromatic carbocycles. The second-order valence-electron chi connectivity index (χ2n) is 4.77. The summed E-state index contributed by atoms with van der Waals surface area (Å²) in [4.78, 5) is 13.4. The van der Waals surface area contributed by atoms with Crippen molar-refractivity contribution >= 4 is 35.0 Å². The highest BCUT2D eigenvalue weighted by atomic mass is 35.5. The minimum absolute atomic E-state index is 0.119. The molecule has 0 aliphatic heterocycles. The molecule has 0 saturated carbocycles. The van der Waals surface area contributed by atoms with Gasteiger partial charge < -0.3 is 14.8 Å². The van der Waals surface area contributed by atoms with Crippen LogP contribution in [-0.4, -0.2) is 25.4 Å². The Hall–Kier alpha value is -1.85. The Bertz CT molecular complexity index is 676. The zero-order chi connectivity index (χ0) is 16.8. The van der Waals surface area contributed by atoms with Crippen molar-refractivity contribution in [2.24, 2.45) is 0 Å². The van der Waals surface area contributed by atoms with E-state index in [1.165, 1.54) is 11.8 Å². The standard InChI is InChI=1S/C17H18ClNO3S/c1-11(23-14-7-5-13(21-2)6-8-14)17(20)19-15-10-12(18)4-9-16(15)22-3/h4-11H,1-3H3,(H,19,20)/t11-/m0/s1. The number of carbonyl (C=O) groups excluding carboxylic acids is 1. The molecule has 1 amide bonds. The molecule has 0 radical (unpaired) electrons. The van der Waals surface area contributed by atoms with Crippen molar-refractivity contribution in [2.75, 3.05) is 19.5 Å². The topological polar surface area (TPSA) is 47.6 Å². The molecule has 122 valence electrons. The quantitative estimate of drug-likeness (QED) is 0.780. The van der Waals surface area contributed by atoms with E-state index in [4.69, 9.17) is 21.1 Å². The number of nitrogens with one attached hydrogen (secondary N) is 1. The molecule has 0 saturated heterocycles. The van der Waals surface area contributed by atoms with Gasteiger partial charge >= 0.3 is 0 Å². The summed E-state index contributed by atoms with van der Waals surface area (Å²) in [6.45, 7) is 1.85. The molecule has 2 aromatic rings. The number of hydrogen-bond acceptors (Lipinski definition) is 4. The van der Waals surface area contributed by atoms with Crippen molar-refractivity contribution in [1.82, 2.24) is 0 Å². The van der Waals surface area contributed by atoms with Gasteiger partial charge in [-0.05, 0) is 49.4 Å². The first-order chi connectivity index (χ1) is 11.0. The van der Waals surface area contributed by atoms with Gasteiger partial charge in [-0.25, -0.2) is 0 Å². The summed E-state index contributed by atoms with van der Waals surface area (Å²) < 4.78 is 10.4. The fourth-order valence-electron chi connectivity index (χ4n) is 1.92. The molecule has 0 aliphatic rings. The number of amides is 1. The van der Waals surface area contributed by atoms with Crippen molar-refractivity contribution in [1.29, 1.82) is 0 Å². The number of rotatable bonds is 6. The first-order valence-corrected chi connectivity index (χ1v) is 8.24. The number of benzene rings is 2. The van der Waals surface area contributed by atoms with Gasteiger partial charge in [-0.1, -0.05) is 11.6 Å². The van der Waals surface area contributed by atoms with Gasteiger partial charge in [0.2, 0.25) is 5.91 Å². The lowest BCUT2D eigenvalue weighted by Crippen LogP contribution is -2.22. The Balaban J connectivity index is 2.03. The number of ether oxygens (including phenoxy) is 2. The van der Waals surface area contributed by atoms with Crippen LogP contribution in [-0.2, 0) is 4.79 Å². The number of methoxy groups -OCH3 is 2. The highest BCUT2D eigenvalue weighted by Crippen LogP contribution is 2.30. The smallest absolute Gasteiger partial charge is 0.237 e.